The summed E-state index contributed by atoms with van der Waals surface area (Å²) in [5.74, 6) is 0. The van der Waals surface area contributed by atoms with Crippen molar-refractivity contribution in [2.45, 2.75) is 0 Å². The van der Waals surface area contributed by atoms with Crippen molar-refractivity contribution in [3.63, 3.8) is 0 Å². The zero-order valence-electron chi connectivity index (χ0n) is 10.1. The highest BCUT2D eigenvalue weighted by atomic mass is 14.9. The van der Waals surface area contributed by atoms with E-state index in [1.54, 1.807) is 0 Å². The summed E-state index contributed by atoms with van der Waals surface area (Å²) < 4.78 is 0. The maximum Gasteiger partial charge on any atom is 0.0998 e. The van der Waals surface area contributed by atoms with Gasteiger partial charge in [0.25, 0.3) is 0 Å². The summed E-state index contributed by atoms with van der Waals surface area (Å²) in [6, 6.07) is 13.9. The van der Waals surface area contributed by atoms with E-state index in [1.165, 1.54) is 0 Å². The van der Waals surface area contributed by atoms with Gasteiger partial charge in [0.1, 0.15) is 0 Å². The molecule has 0 amide bonds. The average Bonchev–Trinajstić information content (AvgIpc) is 2.43. The van der Waals surface area contributed by atoms with Gasteiger partial charge < -0.3 is 11.1 Å². The van der Waals surface area contributed by atoms with Gasteiger partial charge in [0.05, 0.1) is 11.6 Å². The van der Waals surface area contributed by atoms with E-state index in [1.807, 2.05) is 48.6 Å². The SMILES string of the molecule is N#Cc1ccc(NC/C=C/CN)c2ccccc12. The molecule has 0 aliphatic heterocycles. The third kappa shape index (κ3) is 2.50. The summed E-state index contributed by atoms with van der Waals surface area (Å²) in [5, 5.41) is 14.4. The van der Waals surface area contributed by atoms with Crippen molar-refractivity contribution in [2.75, 3.05) is 18.4 Å². The topological polar surface area (TPSA) is 61.8 Å². The predicted molar refractivity (Wildman–Crippen MR) is 75.3 cm³/mol. The summed E-state index contributed by atoms with van der Waals surface area (Å²) in [4.78, 5) is 0. The number of hydrogen-bond acceptors (Lipinski definition) is 3. The first-order valence-electron chi connectivity index (χ1n) is 5.87. The maximum atomic E-state index is 9.08. The van der Waals surface area contributed by atoms with Crippen molar-refractivity contribution in [3.05, 3.63) is 54.1 Å². The van der Waals surface area contributed by atoms with Gasteiger partial charge in [-0.15, -0.1) is 0 Å². The van der Waals surface area contributed by atoms with Crippen LogP contribution in [0.25, 0.3) is 10.8 Å². The van der Waals surface area contributed by atoms with Crippen molar-refractivity contribution in [1.82, 2.24) is 0 Å². The zero-order valence-corrected chi connectivity index (χ0v) is 10.1. The molecule has 3 nitrogen and oxygen atoms in total. The Kier molecular flexibility index (Phi) is 3.95. The molecule has 0 aromatic heterocycles. The van der Waals surface area contributed by atoms with Crippen molar-refractivity contribution in [2.24, 2.45) is 5.73 Å². The number of benzene rings is 2. The van der Waals surface area contributed by atoms with Crippen LogP contribution >= 0.6 is 0 Å². The van der Waals surface area contributed by atoms with E-state index in [0.717, 1.165) is 23.0 Å². The Morgan fingerprint density at radius 2 is 1.89 bits per heavy atom. The van der Waals surface area contributed by atoms with Crippen molar-refractivity contribution in [1.29, 1.82) is 5.26 Å². The molecule has 0 atom stereocenters. The minimum absolute atomic E-state index is 0.551. The van der Waals surface area contributed by atoms with Crippen LogP contribution < -0.4 is 11.1 Å². The van der Waals surface area contributed by atoms with E-state index >= 15 is 0 Å². The second-order valence-corrected chi connectivity index (χ2v) is 3.91. The first-order valence-corrected chi connectivity index (χ1v) is 5.87. The molecule has 0 aliphatic rings. The molecule has 2 aromatic carbocycles. The molecule has 0 saturated carbocycles. The standard InChI is InChI=1S/C15H15N3/c16-9-3-4-10-18-15-8-7-12(11-17)13-5-1-2-6-14(13)15/h1-8,18H,9-10,16H2/b4-3+. The highest BCUT2D eigenvalue weighted by molar-refractivity contribution is 5.97. The molecular weight excluding hydrogens is 222 g/mol. The van der Waals surface area contributed by atoms with Gasteiger partial charge in [0, 0.05) is 29.5 Å². The van der Waals surface area contributed by atoms with Gasteiger partial charge in [-0.3, -0.25) is 0 Å². The third-order valence-corrected chi connectivity index (χ3v) is 2.76. The fraction of sp³-hybridized carbons (Fsp3) is 0.133. The quantitative estimate of drug-likeness (QED) is 0.803. The molecule has 2 rings (SSSR count). The van der Waals surface area contributed by atoms with Crippen LogP contribution in [0.3, 0.4) is 0 Å². The molecule has 0 fully saturated rings. The Morgan fingerprint density at radius 1 is 1.11 bits per heavy atom. The smallest absolute Gasteiger partial charge is 0.0998 e. The van der Waals surface area contributed by atoms with E-state index < -0.39 is 0 Å². The molecule has 18 heavy (non-hydrogen) atoms. The van der Waals surface area contributed by atoms with Crippen molar-refractivity contribution in [3.8, 4) is 6.07 Å². The number of nitrogens with two attached hydrogens (primary N) is 1. The molecule has 0 spiro atoms. The van der Waals surface area contributed by atoms with E-state index in [-0.39, 0.29) is 0 Å². The molecule has 0 heterocycles. The molecule has 2 aromatic rings. The van der Waals surface area contributed by atoms with Crippen LogP contribution in [0.2, 0.25) is 0 Å². The molecule has 0 aliphatic carbocycles. The second-order valence-electron chi connectivity index (χ2n) is 3.91. The first kappa shape index (κ1) is 12.2. The Morgan fingerprint density at radius 3 is 2.61 bits per heavy atom. The first-order chi connectivity index (χ1) is 8.86. The molecule has 0 radical (unpaired) electrons. The lowest BCUT2D eigenvalue weighted by Gasteiger charge is -2.09. The fourth-order valence-corrected chi connectivity index (χ4v) is 1.90. The fourth-order valence-electron chi connectivity index (χ4n) is 1.90. The predicted octanol–water partition coefficient (Wildman–Crippen LogP) is 2.64. The minimum Gasteiger partial charge on any atom is -0.381 e. The number of anilines is 1. The van der Waals surface area contributed by atoms with Gasteiger partial charge in [-0.2, -0.15) is 5.26 Å². The van der Waals surface area contributed by atoms with Crippen molar-refractivity contribution >= 4 is 16.5 Å². The number of hydrogen-bond donors (Lipinski definition) is 2. The Hall–Kier alpha value is -2.31. The number of rotatable bonds is 4. The highest BCUT2D eigenvalue weighted by Gasteiger charge is 2.03. The molecule has 0 saturated heterocycles. The lowest BCUT2D eigenvalue weighted by atomic mass is 10.0. The second kappa shape index (κ2) is 5.85. The van der Waals surface area contributed by atoms with Crippen LogP contribution in [0.1, 0.15) is 5.56 Å². The van der Waals surface area contributed by atoms with Crippen LogP contribution in [0.15, 0.2) is 48.6 Å². The molecule has 0 bridgehead atoms. The number of fused-ring (bicyclic) bond motifs is 1. The summed E-state index contributed by atoms with van der Waals surface area (Å²) in [5.41, 5.74) is 7.12. The van der Waals surface area contributed by atoms with Crippen LogP contribution in [-0.4, -0.2) is 13.1 Å². The number of nitrogens with one attached hydrogen (secondary N) is 1. The monoisotopic (exact) mass is 237 g/mol. The molecule has 3 heteroatoms. The maximum absolute atomic E-state index is 9.08. The van der Waals surface area contributed by atoms with Gasteiger partial charge in [0.2, 0.25) is 0 Å². The van der Waals surface area contributed by atoms with E-state index in [9.17, 15) is 0 Å². The summed E-state index contributed by atoms with van der Waals surface area (Å²) in [7, 11) is 0. The van der Waals surface area contributed by atoms with Gasteiger partial charge in [-0.1, -0.05) is 36.4 Å². The minimum atomic E-state index is 0.551. The highest BCUT2D eigenvalue weighted by Crippen LogP contribution is 2.26. The van der Waals surface area contributed by atoms with Crippen LogP contribution in [0, 0.1) is 11.3 Å². The summed E-state index contributed by atoms with van der Waals surface area (Å²) >= 11 is 0. The Balaban J connectivity index is 2.35. The number of nitrogens with zero attached hydrogens (tertiary/aromatic N) is 1. The molecule has 90 valence electrons. The normalized spacial score (nSPS) is 10.7. The van der Waals surface area contributed by atoms with Crippen LogP contribution in [0.4, 0.5) is 5.69 Å². The summed E-state index contributed by atoms with van der Waals surface area (Å²) in [6.45, 7) is 1.28. The Labute approximate surface area is 107 Å². The number of nitriles is 1. The molecule has 0 unspecified atom stereocenters. The lowest BCUT2D eigenvalue weighted by Crippen LogP contribution is -2.01. The van der Waals surface area contributed by atoms with E-state index in [0.29, 0.717) is 12.1 Å². The zero-order chi connectivity index (χ0) is 12.8. The van der Waals surface area contributed by atoms with E-state index in [4.69, 9.17) is 11.0 Å². The Bertz CT molecular complexity index is 609. The largest absolute Gasteiger partial charge is 0.381 e. The summed E-state index contributed by atoms with van der Waals surface area (Å²) in [6.07, 6.45) is 3.91. The van der Waals surface area contributed by atoms with E-state index in [2.05, 4.69) is 11.4 Å². The van der Waals surface area contributed by atoms with Gasteiger partial charge >= 0.3 is 0 Å². The van der Waals surface area contributed by atoms with Gasteiger partial charge in [0.15, 0.2) is 0 Å². The van der Waals surface area contributed by atoms with Crippen molar-refractivity contribution < 1.29 is 0 Å². The van der Waals surface area contributed by atoms with Crippen LogP contribution in [-0.2, 0) is 0 Å². The van der Waals surface area contributed by atoms with Gasteiger partial charge in [-0.05, 0) is 12.1 Å². The third-order valence-electron chi connectivity index (χ3n) is 2.76. The molecular formula is C15H15N3. The molecule has 3 N–H and O–H groups in total. The lowest BCUT2D eigenvalue weighted by molar-refractivity contribution is 1.23. The van der Waals surface area contributed by atoms with Gasteiger partial charge in [-0.25, -0.2) is 0 Å². The van der Waals surface area contributed by atoms with Crippen LogP contribution in [0.5, 0.6) is 0 Å². The average molecular weight is 237 g/mol.